The summed E-state index contributed by atoms with van der Waals surface area (Å²) in [6.45, 7) is 0. The molecule has 0 bridgehead atoms. The zero-order valence-electron chi connectivity index (χ0n) is 34.7. The average Bonchev–Trinajstić information content (AvgIpc) is 3.86. The molecule has 0 atom stereocenters. The second-order valence-corrected chi connectivity index (χ2v) is 14.5. The Balaban J connectivity index is 1.27. The molecule has 0 saturated heterocycles. The molecule has 0 unspecified atom stereocenters. The minimum absolute atomic E-state index is 0.0117. The highest BCUT2D eigenvalue weighted by Gasteiger charge is 2.22. The predicted molar refractivity (Wildman–Crippen MR) is 232 cm³/mol. The summed E-state index contributed by atoms with van der Waals surface area (Å²) in [5, 5.41) is 4.27. The Morgan fingerprint density at radius 2 is 1.12 bits per heavy atom. The molecule has 0 N–H and O–H groups in total. The van der Waals surface area contributed by atoms with E-state index in [0.717, 1.165) is 70.0 Å². The maximum atomic E-state index is 8.92. The van der Waals surface area contributed by atoms with Crippen LogP contribution in [0.2, 0.25) is 0 Å². The Kier molecular flexibility index (Phi) is 6.46. The zero-order valence-corrected chi connectivity index (χ0v) is 30.5. The van der Waals surface area contributed by atoms with E-state index in [0.29, 0.717) is 22.8 Å². The molecule has 262 valence electrons. The molecule has 11 rings (SSSR count). The Hall–Kier alpha value is -7.28. The molecular formula is C50H31N5S. The van der Waals surface area contributed by atoms with Crippen molar-refractivity contribution >= 4 is 53.3 Å². The van der Waals surface area contributed by atoms with Crippen LogP contribution in [-0.4, -0.2) is 24.5 Å². The van der Waals surface area contributed by atoms with E-state index in [2.05, 4.69) is 88.4 Å². The normalized spacial score (nSPS) is 12.8. The van der Waals surface area contributed by atoms with Crippen molar-refractivity contribution in [3.8, 4) is 62.2 Å². The molecule has 7 aromatic carbocycles. The van der Waals surface area contributed by atoms with Crippen molar-refractivity contribution < 1.29 is 6.85 Å². The number of rotatable bonds is 6. The Morgan fingerprint density at radius 3 is 1.93 bits per heavy atom. The van der Waals surface area contributed by atoms with E-state index in [1.807, 2.05) is 72.8 Å². The van der Waals surface area contributed by atoms with Crippen molar-refractivity contribution in [2.24, 2.45) is 0 Å². The third-order valence-corrected chi connectivity index (χ3v) is 11.5. The fraction of sp³-hybridized carbons (Fsp3) is 0. The average molecular weight is 739 g/mol. The Bertz CT molecular complexity index is 3510. The molecule has 0 aliphatic heterocycles. The zero-order chi connectivity index (χ0) is 41.4. The van der Waals surface area contributed by atoms with Gasteiger partial charge in [0.25, 0.3) is 0 Å². The van der Waals surface area contributed by atoms with E-state index in [1.54, 1.807) is 17.5 Å². The van der Waals surface area contributed by atoms with Crippen LogP contribution in [0.3, 0.4) is 0 Å². The largest absolute Gasteiger partial charge is 0.309 e. The number of para-hydroxylation sites is 1. The first-order valence-corrected chi connectivity index (χ1v) is 19.0. The maximum absolute atomic E-state index is 8.92. The number of thiophene rings is 1. The summed E-state index contributed by atoms with van der Waals surface area (Å²) in [5.74, 6) is 0.613. The highest BCUT2D eigenvalue weighted by molar-refractivity contribution is 7.26. The fourth-order valence-electron chi connectivity index (χ4n) is 7.65. The number of aromatic nitrogens is 5. The van der Waals surface area contributed by atoms with Crippen molar-refractivity contribution in [2.45, 2.75) is 0 Å². The molecule has 4 aromatic heterocycles. The SMILES string of the molecule is [2H]c1c([2H])c([2H])c(-c2nc(-c3ccccc3)nc(-c3cc(-n4c5ccccc5c5ccc(-c6ccccn6)cc54)cc4c3sc3c(-c5ccccc5)cccc34)n2)c([2H])c1[2H]. The quantitative estimate of drug-likeness (QED) is 0.170. The van der Waals surface area contributed by atoms with Crippen LogP contribution in [-0.2, 0) is 0 Å². The van der Waals surface area contributed by atoms with E-state index in [-0.39, 0.29) is 23.5 Å². The summed E-state index contributed by atoms with van der Waals surface area (Å²) < 4.78 is 47.5. The van der Waals surface area contributed by atoms with Gasteiger partial charge in [0.15, 0.2) is 17.5 Å². The van der Waals surface area contributed by atoms with Crippen molar-refractivity contribution in [1.29, 1.82) is 0 Å². The molecule has 0 aliphatic rings. The molecule has 0 saturated carbocycles. The number of fused-ring (bicyclic) bond motifs is 6. The monoisotopic (exact) mass is 738 g/mol. The van der Waals surface area contributed by atoms with Crippen LogP contribution < -0.4 is 0 Å². The maximum Gasteiger partial charge on any atom is 0.165 e. The molecular weight excluding hydrogens is 703 g/mol. The van der Waals surface area contributed by atoms with Gasteiger partial charge in [-0.2, -0.15) is 0 Å². The van der Waals surface area contributed by atoms with Crippen molar-refractivity contribution in [1.82, 2.24) is 24.5 Å². The lowest BCUT2D eigenvalue weighted by Crippen LogP contribution is -2.01. The summed E-state index contributed by atoms with van der Waals surface area (Å²) >= 11 is 1.66. The highest BCUT2D eigenvalue weighted by Crippen LogP contribution is 2.46. The Morgan fingerprint density at radius 1 is 0.446 bits per heavy atom. The van der Waals surface area contributed by atoms with Gasteiger partial charge in [0.05, 0.1) is 23.6 Å². The van der Waals surface area contributed by atoms with Gasteiger partial charge in [0.1, 0.15) is 0 Å². The van der Waals surface area contributed by atoms with Crippen molar-refractivity contribution in [3.63, 3.8) is 0 Å². The van der Waals surface area contributed by atoms with Gasteiger partial charge in [-0.3, -0.25) is 4.98 Å². The molecule has 0 radical (unpaired) electrons. The van der Waals surface area contributed by atoms with E-state index >= 15 is 0 Å². The predicted octanol–water partition coefficient (Wildman–Crippen LogP) is 13.1. The van der Waals surface area contributed by atoms with Crippen LogP contribution >= 0.6 is 11.3 Å². The number of hydrogen-bond acceptors (Lipinski definition) is 5. The highest BCUT2D eigenvalue weighted by atomic mass is 32.1. The molecule has 0 amide bonds. The summed E-state index contributed by atoms with van der Waals surface area (Å²) in [7, 11) is 0. The van der Waals surface area contributed by atoms with Gasteiger partial charge in [-0.25, -0.2) is 15.0 Å². The first kappa shape index (κ1) is 27.3. The van der Waals surface area contributed by atoms with Gasteiger partial charge in [-0.05, 0) is 47.5 Å². The van der Waals surface area contributed by atoms with Gasteiger partial charge in [-0.1, -0.05) is 145 Å². The Labute approximate surface area is 333 Å². The minimum atomic E-state index is -0.484. The van der Waals surface area contributed by atoms with Crippen LogP contribution in [0.15, 0.2) is 188 Å². The van der Waals surface area contributed by atoms with Gasteiger partial charge in [-0.15, -0.1) is 11.3 Å². The summed E-state index contributed by atoms with van der Waals surface area (Å²) in [6, 6.07) is 49.1. The fourth-order valence-corrected chi connectivity index (χ4v) is 8.98. The van der Waals surface area contributed by atoms with Crippen LogP contribution in [0, 0.1) is 0 Å². The van der Waals surface area contributed by atoms with Crippen LogP contribution in [0.4, 0.5) is 0 Å². The van der Waals surface area contributed by atoms with Crippen molar-refractivity contribution in [3.05, 3.63) is 188 Å². The molecule has 56 heavy (non-hydrogen) atoms. The molecule has 0 aliphatic carbocycles. The summed E-state index contributed by atoms with van der Waals surface area (Å²) in [4.78, 5) is 19.6. The standard InChI is InChI=1S/C50H31N5S/c1-4-15-32(16-5-1)37-22-14-23-40-41-30-36(55-44-25-11-10-21-38(44)39-27-26-35(29-45(39)55)43-24-12-13-28-51-43)31-42(47(41)56-46(37)40)50-53-48(33-17-6-2-7-18-33)52-49(54-50)34-19-8-3-9-20-34/h1-31H/i2D,6D,7D,17D,18D. The van der Waals surface area contributed by atoms with E-state index < -0.39 is 18.1 Å². The smallest absolute Gasteiger partial charge is 0.165 e. The van der Waals surface area contributed by atoms with E-state index in [4.69, 9.17) is 21.8 Å². The minimum Gasteiger partial charge on any atom is -0.309 e. The first-order valence-electron chi connectivity index (χ1n) is 20.7. The number of pyridine rings is 1. The van der Waals surface area contributed by atoms with Crippen LogP contribution in [0.1, 0.15) is 6.85 Å². The van der Waals surface area contributed by atoms with Gasteiger partial charge >= 0.3 is 0 Å². The third kappa shape index (κ3) is 5.38. The third-order valence-electron chi connectivity index (χ3n) is 10.2. The lowest BCUT2D eigenvalue weighted by molar-refractivity contribution is 1.07. The van der Waals surface area contributed by atoms with Crippen LogP contribution in [0.25, 0.3) is 104 Å². The lowest BCUT2D eigenvalue weighted by atomic mass is 10.0. The van der Waals surface area contributed by atoms with Gasteiger partial charge in [0.2, 0.25) is 0 Å². The molecule has 0 fully saturated rings. The summed E-state index contributed by atoms with van der Waals surface area (Å²) in [5.41, 5.74) is 8.27. The molecule has 6 heteroatoms. The van der Waals surface area contributed by atoms with Crippen LogP contribution in [0.5, 0.6) is 0 Å². The van der Waals surface area contributed by atoms with E-state index in [1.165, 1.54) is 0 Å². The second-order valence-electron chi connectivity index (χ2n) is 13.5. The molecule has 11 aromatic rings. The molecule has 4 heterocycles. The first-order chi connectivity index (χ1) is 29.8. The molecule has 5 nitrogen and oxygen atoms in total. The lowest BCUT2D eigenvalue weighted by Gasteiger charge is -2.13. The van der Waals surface area contributed by atoms with Crippen molar-refractivity contribution in [2.75, 3.05) is 0 Å². The number of nitrogens with zero attached hydrogens (tertiary/aromatic N) is 5. The van der Waals surface area contributed by atoms with Gasteiger partial charge in [0, 0.05) is 65.1 Å². The number of benzene rings is 7. The van der Waals surface area contributed by atoms with E-state index in [9.17, 15) is 0 Å². The summed E-state index contributed by atoms with van der Waals surface area (Å²) in [6.07, 6.45) is 1.80. The van der Waals surface area contributed by atoms with Gasteiger partial charge < -0.3 is 4.57 Å². The topological polar surface area (TPSA) is 56.5 Å². The molecule has 0 spiro atoms. The second kappa shape index (κ2) is 13.2. The number of hydrogen-bond donors (Lipinski definition) is 0.